The summed E-state index contributed by atoms with van der Waals surface area (Å²) in [7, 11) is 0. The Morgan fingerprint density at radius 3 is 1.60 bits per heavy atom. The predicted octanol–water partition coefficient (Wildman–Crippen LogP) is -9.11. The Bertz CT molecular complexity index is 867. The summed E-state index contributed by atoms with van der Waals surface area (Å²) in [5, 5.41) is 132. The average Bonchev–Trinajstić information content (AvgIpc) is 2.99. The molecule has 20 heteroatoms. The molecule has 0 aromatic heterocycles. The van der Waals surface area contributed by atoms with Crippen LogP contribution in [0.2, 0.25) is 0 Å². The summed E-state index contributed by atoms with van der Waals surface area (Å²) < 4.78 is 38.6. The lowest BCUT2D eigenvalue weighted by Gasteiger charge is -2.50. The summed E-state index contributed by atoms with van der Waals surface area (Å²) in [6.45, 7) is -3.11. The van der Waals surface area contributed by atoms with Crippen LogP contribution >= 0.6 is 0 Å². The highest BCUT2D eigenvalue weighted by Crippen LogP contribution is 2.35. The van der Waals surface area contributed by atoms with Gasteiger partial charge in [0.15, 0.2) is 25.2 Å². The van der Waals surface area contributed by atoms with Gasteiger partial charge in [-0.2, -0.15) is 0 Å². The lowest BCUT2D eigenvalue weighted by atomic mass is 9.95. The van der Waals surface area contributed by atoms with Crippen molar-refractivity contribution in [2.24, 2.45) is 0 Å². The molecular formula is C23H40O20. The third-order valence-electron chi connectivity index (χ3n) is 7.81. The van der Waals surface area contributed by atoms with Crippen molar-refractivity contribution in [3.8, 4) is 0 Å². The molecule has 0 aromatic carbocycles. The van der Waals surface area contributed by atoms with Gasteiger partial charge < -0.3 is 99.5 Å². The summed E-state index contributed by atoms with van der Waals surface area (Å²) in [6, 6.07) is 0. The van der Waals surface area contributed by atoms with Crippen molar-refractivity contribution in [3.05, 3.63) is 0 Å². The number of ether oxygens (including phenoxy) is 7. The second-order valence-corrected chi connectivity index (χ2v) is 10.7. The van der Waals surface area contributed by atoms with Gasteiger partial charge in [-0.3, -0.25) is 0 Å². The first kappa shape index (κ1) is 35.1. The number of hydrogen-bond acceptors (Lipinski definition) is 20. The molecule has 13 N–H and O–H groups in total. The van der Waals surface area contributed by atoms with E-state index in [4.69, 9.17) is 33.2 Å². The molecule has 43 heavy (non-hydrogen) atoms. The lowest BCUT2D eigenvalue weighted by Crippen LogP contribution is -2.68. The maximum Gasteiger partial charge on any atom is 0.187 e. The number of rotatable bonds is 9. The molecule has 19 atom stereocenters. The third kappa shape index (κ3) is 7.13. The minimum absolute atomic E-state index is 0.534. The van der Waals surface area contributed by atoms with Crippen molar-refractivity contribution in [1.82, 2.24) is 0 Å². The molecule has 0 aromatic rings. The van der Waals surface area contributed by atoms with E-state index in [0.717, 1.165) is 0 Å². The molecular weight excluding hydrogens is 596 g/mol. The summed E-state index contributed by atoms with van der Waals surface area (Å²) in [4.78, 5) is 0. The van der Waals surface area contributed by atoms with Gasteiger partial charge in [-0.1, -0.05) is 0 Å². The van der Waals surface area contributed by atoms with Crippen LogP contribution in [0.15, 0.2) is 0 Å². The number of hydrogen-bond donors (Lipinski definition) is 13. The Morgan fingerprint density at radius 2 is 0.977 bits per heavy atom. The molecule has 0 spiro atoms. The molecule has 252 valence electrons. The van der Waals surface area contributed by atoms with Crippen molar-refractivity contribution in [2.75, 3.05) is 26.4 Å². The summed E-state index contributed by atoms with van der Waals surface area (Å²) in [5.41, 5.74) is 0. The highest BCUT2D eigenvalue weighted by Gasteiger charge is 2.55. The average molecular weight is 637 g/mol. The predicted molar refractivity (Wildman–Crippen MR) is 128 cm³/mol. The first-order valence-electron chi connectivity index (χ1n) is 13.5. The fourth-order valence-corrected chi connectivity index (χ4v) is 5.23. The van der Waals surface area contributed by atoms with Crippen molar-refractivity contribution in [1.29, 1.82) is 0 Å². The van der Waals surface area contributed by atoms with E-state index < -0.39 is 143 Å². The molecule has 4 aliphatic heterocycles. The molecule has 4 saturated heterocycles. The molecule has 0 aliphatic carbocycles. The molecule has 0 amide bonds. The van der Waals surface area contributed by atoms with E-state index in [1.165, 1.54) is 0 Å². The topological polar surface area (TPSA) is 328 Å². The third-order valence-corrected chi connectivity index (χ3v) is 7.81. The molecule has 4 heterocycles. The van der Waals surface area contributed by atoms with Crippen molar-refractivity contribution >= 4 is 0 Å². The largest absolute Gasteiger partial charge is 0.394 e. The molecule has 0 saturated carbocycles. The van der Waals surface area contributed by atoms with E-state index in [1.807, 2.05) is 0 Å². The standard InChI is InChI=1S/C23H40O20/c24-1-6-10(29)12(31)16(35)22(39-6)42-18-11(30)7(2-25)40-23(19(18)43-21-15(34)9(28)5(27)4-37-21)41-17-8(3-26)38-20(36)14(33)13(17)32/h5-36H,1-4H2/t5-,6-,7-,8-,9+,10-,11-,12+,13-,14-,15-,16-,17+,18+,19-,20-,21+,22+,23+/m1/s1. The van der Waals surface area contributed by atoms with Crippen LogP contribution in [0.3, 0.4) is 0 Å². The van der Waals surface area contributed by atoms with Gasteiger partial charge in [0.25, 0.3) is 0 Å². The Balaban J connectivity index is 1.67. The van der Waals surface area contributed by atoms with Gasteiger partial charge in [0, 0.05) is 0 Å². The molecule has 4 rings (SSSR count). The van der Waals surface area contributed by atoms with Gasteiger partial charge in [0.1, 0.15) is 91.6 Å². The van der Waals surface area contributed by atoms with E-state index in [1.54, 1.807) is 0 Å². The first-order valence-corrected chi connectivity index (χ1v) is 13.5. The van der Waals surface area contributed by atoms with E-state index in [-0.39, 0.29) is 0 Å². The summed E-state index contributed by atoms with van der Waals surface area (Å²) in [6.07, 6.45) is -33.8. The van der Waals surface area contributed by atoms with Gasteiger partial charge in [0.05, 0.1) is 26.4 Å². The Labute approximate surface area is 243 Å². The van der Waals surface area contributed by atoms with Crippen LogP contribution in [-0.2, 0) is 33.2 Å². The highest BCUT2D eigenvalue weighted by atomic mass is 16.8. The van der Waals surface area contributed by atoms with Gasteiger partial charge in [0.2, 0.25) is 0 Å². The molecule has 0 radical (unpaired) electrons. The monoisotopic (exact) mass is 636 g/mol. The Hall–Kier alpha value is -0.800. The Morgan fingerprint density at radius 1 is 0.442 bits per heavy atom. The van der Waals surface area contributed by atoms with E-state index >= 15 is 0 Å². The van der Waals surface area contributed by atoms with E-state index in [9.17, 15) is 66.4 Å². The van der Waals surface area contributed by atoms with E-state index in [2.05, 4.69) is 0 Å². The summed E-state index contributed by atoms with van der Waals surface area (Å²) >= 11 is 0. The molecule has 4 aliphatic rings. The first-order chi connectivity index (χ1) is 20.3. The zero-order valence-corrected chi connectivity index (χ0v) is 22.5. The molecule has 0 bridgehead atoms. The van der Waals surface area contributed by atoms with Crippen molar-refractivity contribution in [2.45, 2.75) is 117 Å². The zero-order valence-electron chi connectivity index (χ0n) is 22.5. The maximum absolute atomic E-state index is 11.1. The van der Waals surface area contributed by atoms with Crippen LogP contribution in [0, 0.1) is 0 Å². The minimum atomic E-state index is -1.97. The fourth-order valence-electron chi connectivity index (χ4n) is 5.23. The summed E-state index contributed by atoms with van der Waals surface area (Å²) in [5.74, 6) is 0. The van der Waals surface area contributed by atoms with Gasteiger partial charge in [-0.05, 0) is 0 Å². The Kier molecular flexibility index (Phi) is 12.0. The molecule has 4 fully saturated rings. The van der Waals surface area contributed by atoms with Gasteiger partial charge in [-0.15, -0.1) is 0 Å². The van der Waals surface area contributed by atoms with Crippen molar-refractivity contribution < 1.29 is 99.5 Å². The number of aliphatic hydroxyl groups excluding tert-OH is 13. The van der Waals surface area contributed by atoms with Crippen LogP contribution in [0.25, 0.3) is 0 Å². The second kappa shape index (κ2) is 14.7. The quantitative estimate of drug-likeness (QED) is 0.112. The van der Waals surface area contributed by atoms with Gasteiger partial charge in [-0.25, -0.2) is 0 Å². The normalized spacial score (nSPS) is 53.1. The minimum Gasteiger partial charge on any atom is -0.394 e. The maximum atomic E-state index is 11.1. The second-order valence-electron chi connectivity index (χ2n) is 10.7. The van der Waals surface area contributed by atoms with Crippen LogP contribution < -0.4 is 0 Å². The zero-order chi connectivity index (χ0) is 31.7. The van der Waals surface area contributed by atoms with Crippen LogP contribution in [0.1, 0.15) is 0 Å². The van der Waals surface area contributed by atoms with Crippen LogP contribution in [0.5, 0.6) is 0 Å². The smallest absolute Gasteiger partial charge is 0.187 e. The number of aliphatic hydroxyl groups is 13. The van der Waals surface area contributed by atoms with E-state index in [0.29, 0.717) is 0 Å². The van der Waals surface area contributed by atoms with Crippen molar-refractivity contribution in [3.63, 3.8) is 0 Å². The van der Waals surface area contributed by atoms with Gasteiger partial charge >= 0.3 is 0 Å². The molecule has 20 nitrogen and oxygen atoms in total. The lowest BCUT2D eigenvalue weighted by molar-refractivity contribution is -0.401. The highest BCUT2D eigenvalue weighted by molar-refractivity contribution is 4.98. The van der Waals surface area contributed by atoms with Crippen LogP contribution in [0.4, 0.5) is 0 Å². The fraction of sp³-hybridized carbons (Fsp3) is 1.00. The SMILES string of the molecule is OC[C@H]1O[C@@H](O[C@H]2[C@H](O)[C@@H](CO)O[C@@H](O[C@@H]3[C@H](O)[C@@H](O)[C@H](O)O[C@@H]3CO)[C@@H]2O[C@@H]2OC[C@@H](O)[C@H](O)[C@H]2O)[C@H](O)[C@@H](O)[C@@H]1O. The van der Waals surface area contributed by atoms with Crippen LogP contribution in [-0.4, -0.2) is 210 Å². The molecule has 0 unspecified atom stereocenters.